The van der Waals surface area contributed by atoms with Crippen LogP contribution >= 0.6 is 0 Å². The van der Waals surface area contributed by atoms with E-state index in [9.17, 15) is 14.7 Å². The van der Waals surface area contributed by atoms with Gasteiger partial charge in [0.1, 0.15) is 5.54 Å². The molecule has 0 radical (unpaired) electrons. The van der Waals surface area contributed by atoms with Gasteiger partial charge in [-0.05, 0) is 50.2 Å². The number of aromatic amines is 1. The van der Waals surface area contributed by atoms with Gasteiger partial charge in [-0.2, -0.15) is 0 Å². The van der Waals surface area contributed by atoms with Crippen molar-refractivity contribution in [3.8, 4) is 0 Å². The van der Waals surface area contributed by atoms with Gasteiger partial charge >= 0.3 is 5.97 Å². The van der Waals surface area contributed by atoms with Gasteiger partial charge in [0.25, 0.3) is 0 Å². The van der Waals surface area contributed by atoms with Crippen LogP contribution in [0.1, 0.15) is 37.3 Å². The van der Waals surface area contributed by atoms with Crippen LogP contribution in [0, 0.1) is 12.8 Å². The van der Waals surface area contributed by atoms with E-state index in [1.807, 2.05) is 31.3 Å². The maximum absolute atomic E-state index is 12.2. The average Bonchev–Trinajstić information content (AvgIpc) is 3.27. The number of aliphatic carboxylic acids is 1. The Labute approximate surface area is 135 Å². The summed E-state index contributed by atoms with van der Waals surface area (Å²) in [6.07, 6.45) is 4.55. The van der Waals surface area contributed by atoms with Gasteiger partial charge in [0.15, 0.2) is 0 Å². The van der Waals surface area contributed by atoms with Gasteiger partial charge in [0.05, 0.1) is 0 Å². The number of carbonyl (C=O) groups excluding carboxylic acids is 1. The molecule has 2 aromatic rings. The Balaban J connectivity index is 1.66. The molecule has 1 aromatic carbocycles. The average molecular weight is 314 g/mol. The molecule has 1 aliphatic carbocycles. The molecule has 1 atom stereocenters. The number of H-pyrrole nitrogens is 1. The van der Waals surface area contributed by atoms with Crippen LogP contribution in [0.15, 0.2) is 24.4 Å². The van der Waals surface area contributed by atoms with Gasteiger partial charge in [-0.15, -0.1) is 0 Å². The number of carbonyl (C=O) groups is 2. The number of aromatic nitrogens is 1. The zero-order valence-corrected chi connectivity index (χ0v) is 13.5. The second kappa shape index (κ2) is 5.72. The number of aryl methyl sites for hydroxylation is 2. The molecular formula is C18H22N2O3. The van der Waals surface area contributed by atoms with E-state index in [1.165, 1.54) is 5.56 Å². The largest absolute Gasteiger partial charge is 0.480 e. The first-order valence-corrected chi connectivity index (χ1v) is 8.02. The van der Waals surface area contributed by atoms with Crippen molar-refractivity contribution in [1.82, 2.24) is 10.3 Å². The van der Waals surface area contributed by atoms with E-state index in [0.29, 0.717) is 6.42 Å². The van der Waals surface area contributed by atoms with Crippen molar-refractivity contribution in [2.75, 3.05) is 0 Å². The molecule has 0 saturated heterocycles. The number of para-hydroxylation sites is 1. The summed E-state index contributed by atoms with van der Waals surface area (Å²) in [7, 11) is 0. The topological polar surface area (TPSA) is 82.2 Å². The molecule has 1 fully saturated rings. The van der Waals surface area contributed by atoms with E-state index in [0.717, 1.165) is 29.3 Å². The highest BCUT2D eigenvalue weighted by molar-refractivity contribution is 5.89. The van der Waals surface area contributed by atoms with Crippen LogP contribution in [0.4, 0.5) is 0 Å². The van der Waals surface area contributed by atoms with Crippen LogP contribution in [0.2, 0.25) is 0 Å². The van der Waals surface area contributed by atoms with Crippen molar-refractivity contribution < 1.29 is 14.7 Å². The fourth-order valence-electron chi connectivity index (χ4n) is 3.16. The fourth-order valence-corrected chi connectivity index (χ4v) is 3.16. The smallest absolute Gasteiger partial charge is 0.329 e. The van der Waals surface area contributed by atoms with Crippen molar-refractivity contribution in [2.24, 2.45) is 5.92 Å². The summed E-state index contributed by atoms with van der Waals surface area (Å²) in [6.45, 7) is 3.66. The number of amides is 1. The molecule has 122 valence electrons. The molecular weight excluding hydrogens is 292 g/mol. The quantitative estimate of drug-likeness (QED) is 0.767. The number of nitrogens with one attached hydrogen (secondary N) is 2. The molecule has 1 unspecified atom stereocenters. The first-order chi connectivity index (χ1) is 10.9. The highest BCUT2D eigenvalue weighted by atomic mass is 16.4. The molecule has 0 aliphatic heterocycles. The van der Waals surface area contributed by atoms with Gasteiger partial charge < -0.3 is 15.4 Å². The summed E-state index contributed by atoms with van der Waals surface area (Å²) in [6, 6.07) is 6.09. The summed E-state index contributed by atoms with van der Waals surface area (Å²) in [5, 5.41) is 13.3. The SMILES string of the molecule is Cc1cccc2c(CCC(=O)NC(C)(C(=O)O)C3CC3)c[nH]c12. The van der Waals surface area contributed by atoms with Gasteiger partial charge in [-0.25, -0.2) is 4.79 Å². The van der Waals surface area contributed by atoms with Crippen LogP contribution in [0.25, 0.3) is 10.9 Å². The van der Waals surface area contributed by atoms with Crippen LogP contribution in [0.5, 0.6) is 0 Å². The second-order valence-electron chi connectivity index (χ2n) is 6.64. The van der Waals surface area contributed by atoms with E-state index in [2.05, 4.69) is 10.3 Å². The fraction of sp³-hybridized carbons (Fsp3) is 0.444. The number of carboxylic acids is 1. The lowest BCUT2D eigenvalue weighted by Crippen LogP contribution is -2.54. The molecule has 1 amide bonds. The molecule has 0 bridgehead atoms. The summed E-state index contributed by atoms with van der Waals surface area (Å²) < 4.78 is 0. The molecule has 3 rings (SSSR count). The summed E-state index contributed by atoms with van der Waals surface area (Å²) >= 11 is 0. The molecule has 5 nitrogen and oxygen atoms in total. The van der Waals surface area contributed by atoms with Gasteiger partial charge in [0.2, 0.25) is 5.91 Å². The lowest BCUT2D eigenvalue weighted by atomic mass is 9.95. The van der Waals surface area contributed by atoms with Crippen molar-refractivity contribution in [3.05, 3.63) is 35.5 Å². The second-order valence-corrected chi connectivity index (χ2v) is 6.64. The highest BCUT2D eigenvalue weighted by Crippen LogP contribution is 2.39. The maximum Gasteiger partial charge on any atom is 0.329 e. The molecule has 1 aromatic heterocycles. The van der Waals surface area contributed by atoms with Crippen LogP contribution in [-0.4, -0.2) is 27.5 Å². The third-order valence-electron chi connectivity index (χ3n) is 4.87. The lowest BCUT2D eigenvalue weighted by molar-refractivity contribution is -0.147. The Morgan fingerprint density at radius 3 is 2.78 bits per heavy atom. The minimum atomic E-state index is -1.13. The number of hydrogen-bond acceptors (Lipinski definition) is 2. The first kappa shape index (κ1) is 15.6. The summed E-state index contributed by atoms with van der Waals surface area (Å²) in [5.41, 5.74) is 2.22. The Morgan fingerprint density at radius 1 is 1.39 bits per heavy atom. The van der Waals surface area contributed by atoms with E-state index in [4.69, 9.17) is 0 Å². The van der Waals surface area contributed by atoms with Crippen molar-refractivity contribution in [1.29, 1.82) is 0 Å². The monoisotopic (exact) mass is 314 g/mol. The van der Waals surface area contributed by atoms with Crippen LogP contribution in [-0.2, 0) is 16.0 Å². The van der Waals surface area contributed by atoms with E-state index >= 15 is 0 Å². The van der Waals surface area contributed by atoms with Gasteiger partial charge in [0, 0.05) is 23.5 Å². The number of hydrogen-bond donors (Lipinski definition) is 3. The molecule has 5 heteroatoms. The number of rotatable bonds is 6. The first-order valence-electron chi connectivity index (χ1n) is 8.02. The molecule has 0 spiro atoms. The Bertz CT molecular complexity index is 761. The normalized spacial score (nSPS) is 17.0. The summed E-state index contributed by atoms with van der Waals surface area (Å²) in [5.74, 6) is -1.10. The van der Waals surface area contributed by atoms with E-state index in [-0.39, 0.29) is 18.2 Å². The van der Waals surface area contributed by atoms with E-state index < -0.39 is 11.5 Å². The van der Waals surface area contributed by atoms with Crippen molar-refractivity contribution >= 4 is 22.8 Å². The Morgan fingerprint density at radius 2 is 2.13 bits per heavy atom. The Hall–Kier alpha value is -2.30. The Kier molecular flexibility index (Phi) is 3.88. The van der Waals surface area contributed by atoms with Gasteiger partial charge in [-0.3, -0.25) is 4.79 Å². The van der Waals surface area contributed by atoms with E-state index in [1.54, 1.807) is 6.92 Å². The number of carboxylic acid groups (broad SMARTS) is 1. The highest BCUT2D eigenvalue weighted by Gasteiger charge is 2.48. The van der Waals surface area contributed by atoms with Crippen molar-refractivity contribution in [3.63, 3.8) is 0 Å². The molecule has 1 aliphatic rings. The molecule has 23 heavy (non-hydrogen) atoms. The third kappa shape index (κ3) is 2.96. The molecule has 3 N–H and O–H groups in total. The third-order valence-corrected chi connectivity index (χ3v) is 4.87. The predicted molar refractivity (Wildman–Crippen MR) is 88.3 cm³/mol. The molecule has 1 saturated carbocycles. The lowest BCUT2D eigenvalue weighted by Gasteiger charge is -2.26. The zero-order valence-electron chi connectivity index (χ0n) is 13.5. The number of benzene rings is 1. The number of fused-ring (bicyclic) bond motifs is 1. The van der Waals surface area contributed by atoms with Gasteiger partial charge in [-0.1, -0.05) is 18.2 Å². The minimum absolute atomic E-state index is 0.0553. The molecule has 1 heterocycles. The minimum Gasteiger partial charge on any atom is -0.480 e. The maximum atomic E-state index is 12.2. The standard InChI is InChI=1S/C18H22N2O3/c1-11-4-3-5-14-12(10-19-16(11)14)6-9-15(21)20-18(2,17(22)23)13-7-8-13/h3-5,10,13,19H,6-9H2,1-2H3,(H,20,21)(H,22,23). The van der Waals surface area contributed by atoms with Crippen LogP contribution < -0.4 is 5.32 Å². The predicted octanol–water partition coefficient (Wildman–Crippen LogP) is 2.78. The van der Waals surface area contributed by atoms with Crippen molar-refractivity contribution in [2.45, 2.75) is 45.1 Å². The zero-order chi connectivity index (χ0) is 16.6. The summed E-state index contributed by atoms with van der Waals surface area (Å²) in [4.78, 5) is 26.9. The van der Waals surface area contributed by atoms with Crippen LogP contribution in [0.3, 0.4) is 0 Å².